The topological polar surface area (TPSA) is 16.1 Å². The summed E-state index contributed by atoms with van der Waals surface area (Å²) < 4.78 is 0. The average molecular weight is 268 g/mol. The maximum Gasteiger partial charge on any atom is 0.0901 e. The zero-order valence-electron chi connectivity index (χ0n) is 10.9. The van der Waals surface area contributed by atoms with Gasteiger partial charge in [-0.25, -0.2) is 4.98 Å². The third kappa shape index (κ3) is 2.93. The van der Waals surface area contributed by atoms with E-state index in [9.17, 15) is 0 Å². The van der Waals surface area contributed by atoms with Gasteiger partial charge in [-0.1, -0.05) is 36.4 Å². The lowest BCUT2D eigenvalue weighted by Gasteiger charge is -2.20. The van der Waals surface area contributed by atoms with Crippen molar-refractivity contribution < 1.29 is 0 Å². The van der Waals surface area contributed by atoms with E-state index in [4.69, 9.17) is 0 Å². The Morgan fingerprint density at radius 2 is 2.05 bits per heavy atom. The van der Waals surface area contributed by atoms with Crippen molar-refractivity contribution in [2.24, 2.45) is 0 Å². The Kier molecular flexibility index (Phi) is 3.47. The monoisotopic (exact) mass is 268 g/mol. The van der Waals surface area contributed by atoms with Crippen LogP contribution in [0.5, 0.6) is 0 Å². The van der Waals surface area contributed by atoms with Gasteiger partial charge in [-0.2, -0.15) is 0 Å². The number of thiazole rings is 1. The van der Waals surface area contributed by atoms with E-state index in [2.05, 4.69) is 64.0 Å². The average Bonchev–Trinajstić information content (AvgIpc) is 2.87. The van der Waals surface area contributed by atoms with Crippen LogP contribution < -0.4 is 0 Å². The number of aryl methyl sites for hydroxylation is 1. The van der Waals surface area contributed by atoms with Gasteiger partial charge in [0.05, 0.1) is 10.7 Å². The van der Waals surface area contributed by atoms with E-state index < -0.39 is 0 Å². The van der Waals surface area contributed by atoms with Crippen LogP contribution in [0.3, 0.4) is 0 Å². The fourth-order valence-electron chi connectivity index (χ4n) is 2.14. The lowest BCUT2D eigenvalue weighted by atomic mass is 10.1. The molecule has 3 heteroatoms. The van der Waals surface area contributed by atoms with Crippen LogP contribution >= 0.6 is 11.3 Å². The van der Waals surface area contributed by atoms with Crippen LogP contribution in [0.2, 0.25) is 0 Å². The molecule has 2 nitrogen and oxygen atoms in total. The number of aromatic nitrogens is 1. The van der Waals surface area contributed by atoms with E-state index in [1.807, 2.05) is 6.92 Å². The molecule has 0 N–H and O–H groups in total. The molecule has 1 aliphatic rings. The summed E-state index contributed by atoms with van der Waals surface area (Å²) in [6, 6.07) is 8.70. The predicted molar refractivity (Wildman–Crippen MR) is 81.0 cm³/mol. The Morgan fingerprint density at radius 1 is 1.21 bits per heavy atom. The Labute approximate surface area is 117 Å². The number of hydrogen-bond donors (Lipinski definition) is 0. The van der Waals surface area contributed by atoms with Gasteiger partial charge in [-0.15, -0.1) is 11.3 Å². The van der Waals surface area contributed by atoms with Gasteiger partial charge >= 0.3 is 0 Å². The standard InChI is InChI=1S/C16H16N2S/c1-13-17-16(12-19-13)15-7-5-14(6-8-15)11-18-9-3-2-4-10-18/h2-9,12H,10-11H2,1H3. The molecule has 1 aliphatic heterocycles. The molecule has 0 spiro atoms. The van der Waals surface area contributed by atoms with Crippen LogP contribution in [0.1, 0.15) is 10.6 Å². The molecular formula is C16H16N2S. The second kappa shape index (κ2) is 5.41. The second-order valence-corrected chi connectivity index (χ2v) is 5.71. The first kappa shape index (κ1) is 12.2. The van der Waals surface area contributed by atoms with Crippen molar-refractivity contribution in [1.29, 1.82) is 0 Å². The van der Waals surface area contributed by atoms with Crippen LogP contribution in [0, 0.1) is 6.92 Å². The first-order valence-electron chi connectivity index (χ1n) is 6.40. The van der Waals surface area contributed by atoms with Gasteiger partial charge in [0, 0.05) is 24.0 Å². The largest absolute Gasteiger partial charge is 0.369 e. The molecule has 0 atom stereocenters. The molecule has 0 fully saturated rings. The van der Waals surface area contributed by atoms with Crippen molar-refractivity contribution in [3.05, 3.63) is 64.6 Å². The minimum absolute atomic E-state index is 0.956. The van der Waals surface area contributed by atoms with Gasteiger partial charge in [0.15, 0.2) is 0 Å². The highest BCUT2D eigenvalue weighted by molar-refractivity contribution is 7.09. The fraction of sp³-hybridized carbons (Fsp3) is 0.188. The summed E-state index contributed by atoms with van der Waals surface area (Å²) in [4.78, 5) is 6.81. The lowest BCUT2D eigenvalue weighted by Crippen LogP contribution is -2.17. The van der Waals surface area contributed by atoms with Gasteiger partial charge in [-0.05, 0) is 24.8 Å². The van der Waals surface area contributed by atoms with Crippen molar-refractivity contribution in [3.8, 4) is 11.3 Å². The molecular weight excluding hydrogens is 252 g/mol. The molecule has 96 valence electrons. The second-order valence-electron chi connectivity index (χ2n) is 4.65. The third-order valence-corrected chi connectivity index (χ3v) is 3.91. The van der Waals surface area contributed by atoms with Crippen molar-refractivity contribution in [2.45, 2.75) is 13.5 Å². The quantitative estimate of drug-likeness (QED) is 0.836. The summed E-state index contributed by atoms with van der Waals surface area (Å²) in [5.41, 5.74) is 3.60. The molecule has 0 unspecified atom stereocenters. The number of nitrogens with zero attached hydrogens (tertiary/aromatic N) is 2. The van der Waals surface area contributed by atoms with Crippen LogP contribution in [0.15, 0.2) is 54.1 Å². The normalized spacial score (nSPS) is 14.1. The molecule has 0 amide bonds. The molecule has 1 aromatic heterocycles. The Hall–Kier alpha value is -1.87. The minimum atomic E-state index is 0.956. The van der Waals surface area contributed by atoms with E-state index in [-0.39, 0.29) is 0 Å². The zero-order valence-corrected chi connectivity index (χ0v) is 11.7. The third-order valence-electron chi connectivity index (χ3n) is 3.14. The summed E-state index contributed by atoms with van der Waals surface area (Å²) >= 11 is 1.70. The molecule has 0 saturated carbocycles. The van der Waals surface area contributed by atoms with Crippen molar-refractivity contribution in [2.75, 3.05) is 6.54 Å². The number of rotatable bonds is 3. The highest BCUT2D eigenvalue weighted by Gasteiger charge is 2.04. The highest BCUT2D eigenvalue weighted by atomic mass is 32.1. The predicted octanol–water partition coefficient (Wildman–Crippen LogP) is 4.00. The van der Waals surface area contributed by atoms with Gasteiger partial charge in [0.2, 0.25) is 0 Å². The summed E-state index contributed by atoms with van der Waals surface area (Å²) in [5.74, 6) is 0. The van der Waals surface area contributed by atoms with Crippen LogP contribution in [-0.2, 0) is 6.54 Å². The zero-order chi connectivity index (χ0) is 13.1. The van der Waals surface area contributed by atoms with E-state index in [1.165, 1.54) is 11.1 Å². The van der Waals surface area contributed by atoms with E-state index in [1.54, 1.807) is 11.3 Å². The first-order valence-corrected chi connectivity index (χ1v) is 7.28. The number of hydrogen-bond acceptors (Lipinski definition) is 3. The van der Waals surface area contributed by atoms with Crippen LogP contribution in [0.4, 0.5) is 0 Å². The summed E-state index contributed by atoms with van der Waals surface area (Å²) in [7, 11) is 0. The van der Waals surface area contributed by atoms with Gasteiger partial charge in [0.1, 0.15) is 0 Å². The molecule has 1 aromatic carbocycles. The molecule has 2 aromatic rings. The molecule has 0 bridgehead atoms. The van der Waals surface area contributed by atoms with E-state index in [0.717, 1.165) is 23.8 Å². The van der Waals surface area contributed by atoms with Gasteiger partial charge in [-0.3, -0.25) is 0 Å². The van der Waals surface area contributed by atoms with Crippen molar-refractivity contribution in [1.82, 2.24) is 9.88 Å². The molecule has 2 heterocycles. The van der Waals surface area contributed by atoms with Crippen LogP contribution in [-0.4, -0.2) is 16.4 Å². The van der Waals surface area contributed by atoms with Crippen molar-refractivity contribution >= 4 is 11.3 Å². The minimum Gasteiger partial charge on any atom is -0.369 e. The molecule has 0 radical (unpaired) electrons. The molecule has 19 heavy (non-hydrogen) atoms. The van der Waals surface area contributed by atoms with Crippen molar-refractivity contribution in [3.63, 3.8) is 0 Å². The molecule has 3 rings (SSSR count). The SMILES string of the molecule is Cc1nc(-c2ccc(CN3C=CC=CC3)cc2)cs1. The number of allylic oxidation sites excluding steroid dienone is 2. The summed E-state index contributed by atoms with van der Waals surface area (Å²) in [6.45, 7) is 3.99. The Morgan fingerprint density at radius 3 is 2.68 bits per heavy atom. The maximum absolute atomic E-state index is 4.51. The smallest absolute Gasteiger partial charge is 0.0901 e. The molecule has 0 aliphatic carbocycles. The van der Waals surface area contributed by atoms with Crippen LogP contribution in [0.25, 0.3) is 11.3 Å². The lowest BCUT2D eigenvalue weighted by molar-refractivity contribution is 0.405. The Balaban J connectivity index is 1.72. The Bertz CT molecular complexity index is 608. The van der Waals surface area contributed by atoms with E-state index in [0.29, 0.717) is 0 Å². The first-order chi connectivity index (χ1) is 9.31. The van der Waals surface area contributed by atoms with Gasteiger partial charge in [0.25, 0.3) is 0 Å². The fourth-order valence-corrected chi connectivity index (χ4v) is 2.76. The molecule has 0 saturated heterocycles. The summed E-state index contributed by atoms with van der Waals surface area (Å²) in [6.07, 6.45) is 8.48. The van der Waals surface area contributed by atoms with E-state index >= 15 is 0 Å². The maximum atomic E-state index is 4.51. The highest BCUT2D eigenvalue weighted by Crippen LogP contribution is 2.22. The number of benzene rings is 1. The van der Waals surface area contributed by atoms with Gasteiger partial charge < -0.3 is 4.90 Å². The summed E-state index contributed by atoms with van der Waals surface area (Å²) in [5, 5.41) is 3.23.